The van der Waals surface area contributed by atoms with Crippen molar-refractivity contribution in [2.24, 2.45) is 0 Å². The van der Waals surface area contributed by atoms with Gasteiger partial charge in [-0.25, -0.2) is 4.79 Å². The van der Waals surface area contributed by atoms with Crippen molar-refractivity contribution >= 4 is 158 Å². The second-order valence-corrected chi connectivity index (χ2v) is 2.48. The average molecular weight is 304 g/mol. The predicted octanol–water partition coefficient (Wildman–Crippen LogP) is -3.84. The van der Waals surface area contributed by atoms with E-state index in [0.717, 1.165) is 0 Å². The van der Waals surface area contributed by atoms with E-state index in [-0.39, 0.29) is 140 Å². The van der Waals surface area contributed by atoms with Crippen LogP contribution in [-0.2, 0) is 14.4 Å². The van der Waals surface area contributed by atoms with E-state index in [0.29, 0.717) is 0 Å². The van der Waals surface area contributed by atoms with Crippen molar-refractivity contribution in [3.05, 3.63) is 0 Å². The number of aliphatic hydroxyl groups is 1. The van der Waals surface area contributed by atoms with Crippen molar-refractivity contribution in [3.8, 4) is 0 Å². The Morgan fingerprint density at radius 2 is 1.06 bits per heavy atom. The molecule has 0 heterocycles. The molecule has 0 unspecified atom stereocenters. The van der Waals surface area contributed by atoms with Crippen molar-refractivity contribution in [2.45, 2.75) is 18.4 Å². The van der Waals surface area contributed by atoms with Crippen LogP contribution in [0.2, 0.25) is 0 Å². The molecule has 0 atom stereocenters. The van der Waals surface area contributed by atoms with E-state index in [1.165, 1.54) is 0 Å². The number of rotatable bonds is 5. The van der Waals surface area contributed by atoms with Gasteiger partial charge in [0.1, 0.15) is 0 Å². The van der Waals surface area contributed by atoms with Crippen LogP contribution in [0.15, 0.2) is 0 Å². The molecule has 17 heavy (non-hydrogen) atoms. The second kappa shape index (κ2) is 15.4. The Balaban J connectivity index is -0.000000120. The fraction of sp³-hybridized carbons (Fsp3) is 0.500. The van der Waals surface area contributed by atoms with Gasteiger partial charge in [0.2, 0.25) is 0 Å². The van der Waals surface area contributed by atoms with Crippen molar-refractivity contribution < 1.29 is 34.8 Å². The third kappa shape index (κ3) is 15.2. The molecule has 0 aliphatic heterocycles. The predicted molar refractivity (Wildman–Crippen MR) is 65.7 cm³/mol. The van der Waals surface area contributed by atoms with E-state index in [4.69, 9.17) is 20.4 Å². The van der Waals surface area contributed by atoms with Gasteiger partial charge in [0.15, 0.2) is 5.60 Å². The summed E-state index contributed by atoms with van der Waals surface area (Å²) >= 11 is 0. The van der Waals surface area contributed by atoms with Crippen LogP contribution in [0.25, 0.3) is 0 Å². The number of hydrogen-bond donors (Lipinski definition) is 4. The zero-order chi connectivity index (χ0) is 10.6. The van der Waals surface area contributed by atoms with Crippen molar-refractivity contribution in [1.82, 2.24) is 0 Å². The van der Waals surface area contributed by atoms with Gasteiger partial charge >= 0.3 is 158 Å². The summed E-state index contributed by atoms with van der Waals surface area (Å²) < 4.78 is 0. The molecule has 0 aliphatic carbocycles. The Labute approximate surface area is 206 Å². The summed E-state index contributed by atoms with van der Waals surface area (Å²) in [6, 6.07) is 0. The standard InChI is InChI=1S/C6H8O7.K.3Na.4H/c7-3(8)1-6(13,5(11)12)2-4(9)10;;;;;;;;/h13H,1-2H2,(H,7,8)(H,9,10)(H,11,12);;;;;;;;. The Hall–Kier alpha value is 3.01. The number of aliphatic carboxylic acids is 3. The molecule has 0 saturated heterocycles. The molecule has 0 bridgehead atoms. The summed E-state index contributed by atoms with van der Waals surface area (Å²) in [5, 5.41) is 33.8. The van der Waals surface area contributed by atoms with Gasteiger partial charge in [-0.05, 0) is 0 Å². The molecule has 0 radical (unpaired) electrons. The fourth-order valence-corrected chi connectivity index (χ4v) is 0.714. The Morgan fingerprint density at radius 1 is 0.824 bits per heavy atom. The first kappa shape index (κ1) is 32.1. The van der Waals surface area contributed by atoms with E-state index in [1.54, 1.807) is 0 Å². The molecular formula is C6H12KNa3O7. The van der Waals surface area contributed by atoms with Gasteiger partial charge in [0.05, 0.1) is 12.8 Å². The minimum absolute atomic E-state index is 0. The van der Waals surface area contributed by atoms with Crippen LogP contribution in [0.3, 0.4) is 0 Å². The van der Waals surface area contributed by atoms with E-state index >= 15 is 0 Å². The molecule has 4 N–H and O–H groups in total. The number of carboxylic acid groups (broad SMARTS) is 3. The van der Waals surface area contributed by atoms with Crippen LogP contribution in [0.4, 0.5) is 0 Å². The van der Waals surface area contributed by atoms with Gasteiger partial charge in [-0.15, -0.1) is 0 Å². The van der Waals surface area contributed by atoms with Crippen LogP contribution in [0.1, 0.15) is 12.8 Å². The molecule has 0 aliphatic rings. The van der Waals surface area contributed by atoms with Crippen LogP contribution < -0.4 is 0 Å². The summed E-state index contributed by atoms with van der Waals surface area (Å²) in [5.74, 6) is -5.02. The molecule has 0 fully saturated rings. The van der Waals surface area contributed by atoms with Crippen molar-refractivity contribution in [1.29, 1.82) is 0 Å². The molecule has 11 heteroatoms. The molecular weight excluding hydrogens is 292 g/mol. The van der Waals surface area contributed by atoms with Gasteiger partial charge < -0.3 is 20.4 Å². The zero-order valence-corrected chi connectivity index (χ0v) is 6.43. The molecule has 0 aromatic carbocycles. The molecule has 0 saturated carbocycles. The number of hydrogen-bond acceptors (Lipinski definition) is 4. The topological polar surface area (TPSA) is 132 Å². The molecule has 0 spiro atoms. The Bertz CT molecular complexity index is 244. The van der Waals surface area contributed by atoms with E-state index in [1.807, 2.05) is 0 Å². The molecule has 0 rings (SSSR count). The summed E-state index contributed by atoms with van der Waals surface area (Å²) in [7, 11) is 0. The zero-order valence-electron chi connectivity index (χ0n) is 6.43. The van der Waals surface area contributed by atoms with Gasteiger partial charge in [-0.2, -0.15) is 0 Å². The monoisotopic (exact) mass is 304 g/mol. The maximum absolute atomic E-state index is 10.3. The summed E-state index contributed by atoms with van der Waals surface area (Å²) in [5.41, 5.74) is -2.74. The van der Waals surface area contributed by atoms with Crippen LogP contribution in [-0.4, -0.2) is 184 Å². The Kier molecular flexibility index (Phi) is 29.1. The normalized spacial score (nSPS) is 8.29. The molecule has 0 aromatic heterocycles. The minimum atomic E-state index is -2.74. The number of carbonyl (C=O) groups is 3. The summed E-state index contributed by atoms with van der Waals surface area (Å²) in [6.07, 6.45) is -2.29. The first-order valence-electron chi connectivity index (χ1n) is 3.17. The van der Waals surface area contributed by atoms with E-state index < -0.39 is 36.4 Å². The summed E-state index contributed by atoms with van der Waals surface area (Å²) in [4.78, 5) is 30.5. The molecule has 0 amide bonds. The van der Waals surface area contributed by atoms with Gasteiger partial charge in [-0.3, -0.25) is 9.59 Å². The molecule has 82 valence electrons. The third-order valence-electron chi connectivity index (χ3n) is 1.29. The molecule has 0 aromatic rings. The third-order valence-corrected chi connectivity index (χ3v) is 1.29. The SMILES string of the molecule is O=C(O)CC(O)(CC(=O)O)C(=O)O.[KH].[NaH].[NaH].[NaH]. The summed E-state index contributed by atoms with van der Waals surface area (Å²) in [6.45, 7) is 0. The first-order chi connectivity index (χ1) is 5.78. The van der Waals surface area contributed by atoms with Gasteiger partial charge in [0, 0.05) is 0 Å². The quantitative estimate of drug-likeness (QED) is 0.382. The fourth-order valence-electron chi connectivity index (χ4n) is 0.714. The van der Waals surface area contributed by atoms with Crippen molar-refractivity contribution in [3.63, 3.8) is 0 Å². The van der Waals surface area contributed by atoms with E-state index in [9.17, 15) is 14.4 Å². The number of carboxylic acids is 3. The molecule has 7 nitrogen and oxygen atoms in total. The maximum atomic E-state index is 10.3. The van der Waals surface area contributed by atoms with Crippen LogP contribution >= 0.6 is 0 Å². The van der Waals surface area contributed by atoms with Crippen LogP contribution in [0, 0.1) is 0 Å². The van der Waals surface area contributed by atoms with Gasteiger partial charge in [0.25, 0.3) is 0 Å². The Morgan fingerprint density at radius 3 is 1.18 bits per heavy atom. The van der Waals surface area contributed by atoms with Crippen molar-refractivity contribution in [2.75, 3.05) is 0 Å². The van der Waals surface area contributed by atoms with Crippen LogP contribution in [0.5, 0.6) is 0 Å². The first-order valence-corrected chi connectivity index (χ1v) is 3.17. The second-order valence-electron chi connectivity index (χ2n) is 2.48. The van der Waals surface area contributed by atoms with Gasteiger partial charge in [-0.1, -0.05) is 0 Å². The van der Waals surface area contributed by atoms with E-state index in [2.05, 4.69) is 0 Å². The average Bonchev–Trinajstić information content (AvgIpc) is 1.82.